The number of aromatic nitrogens is 2. The molecular formula is C10H19N3O. The number of aliphatic hydroxyl groups excluding tert-OH is 1. The Bertz CT molecular complexity index is 270. The smallest absolute Gasteiger partial charge is 0.0925 e. The number of aryl methyl sites for hydroxylation is 1. The Morgan fingerprint density at radius 2 is 2.29 bits per heavy atom. The van der Waals surface area contributed by atoms with E-state index in [0.717, 1.165) is 11.4 Å². The summed E-state index contributed by atoms with van der Waals surface area (Å²) in [7, 11) is 0. The molecule has 0 fully saturated rings. The van der Waals surface area contributed by atoms with Crippen LogP contribution in [0, 0.1) is 12.8 Å². The summed E-state index contributed by atoms with van der Waals surface area (Å²) in [5.74, 6) is 0.430. The Labute approximate surface area is 84.8 Å². The van der Waals surface area contributed by atoms with Gasteiger partial charge < -0.3 is 15.4 Å². The number of imidazole rings is 1. The standard InChI is InChI=1S/C10H19N3O/c1-7(2)10(5-14)11-4-9-8(3)12-6-13-9/h6-7,10-11,14H,4-5H2,1-3H3,(H,12,13)/t10-/m1/s1. The van der Waals surface area contributed by atoms with Gasteiger partial charge in [-0.3, -0.25) is 0 Å². The molecule has 14 heavy (non-hydrogen) atoms. The molecule has 1 heterocycles. The van der Waals surface area contributed by atoms with Crippen LogP contribution in [0.5, 0.6) is 0 Å². The highest BCUT2D eigenvalue weighted by Gasteiger charge is 2.11. The van der Waals surface area contributed by atoms with Crippen LogP contribution in [0.3, 0.4) is 0 Å². The first-order valence-corrected chi connectivity index (χ1v) is 4.98. The average Bonchev–Trinajstić information content (AvgIpc) is 2.52. The van der Waals surface area contributed by atoms with E-state index in [-0.39, 0.29) is 12.6 Å². The first-order chi connectivity index (χ1) is 6.65. The molecule has 0 spiro atoms. The van der Waals surface area contributed by atoms with Crippen LogP contribution in [0.2, 0.25) is 0 Å². The molecular weight excluding hydrogens is 178 g/mol. The van der Waals surface area contributed by atoms with E-state index in [1.54, 1.807) is 6.33 Å². The lowest BCUT2D eigenvalue weighted by atomic mass is 10.1. The molecule has 4 nitrogen and oxygen atoms in total. The van der Waals surface area contributed by atoms with Gasteiger partial charge in [0.2, 0.25) is 0 Å². The first-order valence-electron chi connectivity index (χ1n) is 4.98. The molecule has 0 saturated heterocycles. The van der Waals surface area contributed by atoms with Gasteiger partial charge in [-0.1, -0.05) is 13.8 Å². The molecule has 1 aromatic heterocycles. The van der Waals surface area contributed by atoms with Crippen LogP contribution in [0.1, 0.15) is 25.2 Å². The molecule has 4 heteroatoms. The van der Waals surface area contributed by atoms with Crippen molar-refractivity contribution >= 4 is 0 Å². The topological polar surface area (TPSA) is 60.9 Å². The van der Waals surface area contributed by atoms with Crippen LogP contribution in [-0.2, 0) is 6.54 Å². The Hall–Kier alpha value is -0.870. The molecule has 80 valence electrons. The van der Waals surface area contributed by atoms with Gasteiger partial charge in [0.15, 0.2) is 0 Å². The summed E-state index contributed by atoms with van der Waals surface area (Å²) in [6, 6.07) is 0.145. The van der Waals surface area contributed by atoms with Gasteiger partial charge in [-0.2, -0.15) is 0 Å². The molecule has 0 bridgehead atoms. The fourth-order valence-electron chi connectivity index (χ4n) is 1.30. The normalized spacial score (nSPS) is 13.5. The van der Waals surface area contributed by atoms with Gasteiger partial charge in [-0.15, -0.1) is 0 Å². The number of hydrogen-bond acceptors (Lipinski definition) is 3. The minimum atomic E-state index is 0.145. The zero-order chi connectivity index (χ0) is 10.6. The summed E-state index contributed by atoms with van der Waals surface area (Å²) in [4.78, 5) is 7.21. The molecule has 0 saturated carbocycles. The first kappa shape index (κ1) is 11.2. The maximum Gasteiger partial charge on any atom is 0.0925 e. The molecule has 1 rings (SSSR count). The summed E-state index contributed by atoms with van der Waals surface area (Å²) in [6.07, 6.45) is 1.69. The number of hydrogen-bond donors (Lipinski definition) is 3. The molecule has 1 aromatic rings. The van der Waals surface area contributed by atoms with Crippen molar-refractivity contribution in [1.29, 1.82) is 0 Å². The maximum atomic E-state index is 9.10. The zero-order valence-electron chi connectivity index (χ0n) is 9.04. The molecule has 0 radical (unpaired) electrons. The van der Waals surface area contributed by atoms with Crippen molar-refractivity contribution in [2.24, 2.45) is 5.92 Å². The second-order valence-electron chi connectivity index (χ2n) is 3.89. The summed E-state index contributed by atoms with van der Waals surface area (Å²) in [5.41, 5.74) is 2.10. The Kier molecular flexibility index (Phi) is 4.10. The van der Waals surface area contributed by atoms with Crippen molar-refractivity contribution in [3.05, 3.63) is 17.7 Å². The quantitative estimate of drug-likeness (QED) is 0.655. The fourth-order valence-corrected chi connectivity index (χ4v) is 1.30. The highest BCUT2D eigenvalue weighted by molar-refractivity contribution is 5.08. The van der Waals surface area contributed by atoms with Gasteiger partial charge in [0.25, 0.3) is 0 Å². The van der Waals surface area contributed by atoms with Crippen LogP contribution < -0.4 is 5.32 Å². The molecule has 0 aliphatic heterocycles. The summed E-state index contributed by atoms with van der Waals surface area (Å²) in [6.45, 7) is 7.05. The third-order valence-electron chi connectivity index (χ3n) is 2.47. The summed E-state index contributed by atoms with van der Waals surface area (Å²) < 4.78 is 0. The molecule has 0 aliphatic rings. The van der Waals surface area contributed by atoms with Crippen molar-refractivity contribution < 1.29 is 5.11 Å². The predicted molar refractivity (Wildman–Crippen MR) is 55.9 cm³/mol. The number of rotatable bonds is 5. The van der Waals surface area contributed by atoms with E-state index in [9.17, 15) is 0 Å². The zero-order valence-corrected chi connectivity index (χ0v) is 9.04. The average molecular weight is 197 g/mol. The Balaban J connectivity index is 2.43. The van der Waals surface area contributed by atoms with Crippen molar-refractivity contribution in [3.63, 3.8) is 0 Å². The van der Waals surface area contributed by atoms with Crippen molar-refractivity contribution in [2.75, 3.05) is 6.61 Å². The van der Waals surface area contributed by atoms with Crippen LogP contribution in [0.25, 0.3) is 0 Å². The SMILES string of the molecule is Cc1[nH]cnc1CN[C@H](CO)C(C)C. The van der Waals surface area contributed by atoms with Crippen molar-refractivity contribution in [3.8, 4) is 0 Å². The minimum Gasteiger partial charge on any atom is -0.395 e. The summed E-state index contributed by atoms with van der Waals surface area (Å²) in [5, 5.41) is 12.4. The lowest BCUT2D eigenvalue weighted by molar-refractivity contribution is 0.209. The fraction of sp³-hybridized carbons (Fsp3) is 0.700. The number of nitrogens with zero attached hydrogens (tertiary/aromatic N) is 1. The number of H-pyrrole nitrogens is 1. The third-order valence-corrected chi connectivity index (χ3v) is 2.47. The van der Waals surface area contributed by atoms with Crippen LogP contribution in [-0.4, -0.2) is 27.7 Å². The van der Waals surface area contributed by atoms with Crippen LogP contribution in [0.4, 0.5) is 0 Å². The van der Waals surface area contributed by atoms with E-state index >= 15 is 0 Å². The van der Waals surface area contributed by atoms with Gasteiger partial charge in [-0.25, -0.2) is 4.98 Å². The second-order valence-corrected chi connectivity index (χ2v) is 3.89. The van der Waals surface area contributed by atoms with Gasteiger partial charge in [0.1, 0.15) is 0 Å². The Morgan fingerprint density at radius 1 is 1.57 bits per heavy atom. The van der Waals surface area contributed by atoms with Crippen LogP contribution >= 0.6 is 0 Å². The Morgan fingerprint density at radius 3 is 2.71 bits per heavy atom. The van der Waals surface area contributed by atoms with Gasteiger partial charge >= 0.3 is 0 Å². The molecule has 0 aliphatic carbocycles. The van der Waals surface area contributed by atoms with Gasteiger partial charge in [-0.05, 0) is 12.8 Å². The van der Waals surface area contributed by atoms with Crippen LogP contribution in [0.15, 0.2) is 6.33 Å². The van der Waals surface area contributed by atoms with Crippen molar-refractivity contribution in [1.82, 2.24) is 15.3 Å². The van der Waals surface area contributed by atoms with E-state index < -0.39 is 0 Å². The van der Waals surface area contributed by atoms with E-state index in [0.29, 0.717) is 12.5 Å². The maximum absolute atomic E-state index is 9.10. The largest absolute Gasteiger partial charge is 0.395 e. The van der Waals surface area contributed by atoms with E-state index in [1.165, 1.54) is 0 Å². The summed E-state index contributed by atoms with van der Waals surface area (Å²) >= 11 is 0. The monoisotopic (exact) mass is 197 g/mol. The molecule has 0 unspecified atom stereocenters. The third kappa shape index (κ3) is 2.82. The molecule has 0 amide bonds. The number of aromatic amines is 1. The molecule has 3 N–H and O–H groups in total. The van der Waals surface area contributed by atoms with E-state index in [4.69, 9.17) is 5.11 Å². The molecule has 0 aromatic carbocycles. The second kappa shape index (κ2) is 5.12. The number of aliphatic hydroxyl groups is 1. The molecule has 1 atom stereocenters. The lowest BCUT2D eigenvalue weighted by Gasteiger charge is -2.19. The highest BCUT2D eigenvalue weighted by atomic mass is 16.3. The van der Waals surface area contributed by atoms with E-state index in [1.807, 2.05) is 6.92 Å². The highest BCUT2D eigenvalue weighted by Crippen LogP contribution is 2.04. The van der Waals surface area contributed by atoms with Gasteiger partial charge in [0.05, 0.1) is 18.6 Å². The minimum absolute atomic E-state index is 0.145. The predicted octanol–water partition coefficient (Wildman–Crippen LogP) is 0.825. The van der Waals surface area contributed by atoms with E-state index in [2.05, 4.69) is 29.1 Å². The number of nitrogens with one attached hydrogen (secondary N) is 2. The van der Waals surface area contributed by atoms with Gasteiger partial charge in [0, 0.05) is 18.3 Å². The lowest BCUT2D eigenvalue weighted by Crippen LogP contribution is -2.36. The van der Waals surface area contributed by atoms with Crippen molar-refractivity contribution in [2.45, 2.75) is 33.4 Å².